The highest BCUT2D eigenvalue weighted by molar-refractivity contribution is 6.33. The number of pyridine rings is 2. The maximum Gasteiger partial charge on any atom is 0.230 e. The molecule has 1 saturated heterocycles. The number of anilines is 2. The van der Waals surface area contributed by atoms with Crippen LogP contribution in [-0.2, 0) is 4.79 Å². The number of nitrogens with zero attached hydrogens (tertiary/aromatic N) is 5. The fraction of sp³-hybridized carbons (Fsp3) is 0.480. The lowest BCUT2D eigenvalue weighted by Gasteiger charge is -2.37. The standard InChI is InChI=1S/C25H30ClN7O2/c1-15(24(35)33-13-20(34)14-33)18-11-29-25(30-12-18)28-10-16-2-5-19(6-3-16)31-21-7-4-17-8-9-27-23(26)22(17)32-21/h4,7-9,11-12,15-16,19-20,34H,2-3,5-6,10,13-14H2,1H3,(H,31,32)(H,28,29,30)/t15-,16-,19-/m1/s1. The number of aliphatic hydroxyl groups is 1. The van der Waals surface area contributed by atoms with Gasteiger partial charge in [0.05, 0.1) is 12.0 Å². The van der Waals surface area contributed by atoms with Gasteiger partial charge >= 0.3 is 0 Å². The molecule has 184 valence electrons. The first-order valence-corrected chi connectivity index (χ1v) is 12.5. The van der Waals surface area contributed by atoms with Crippen molar-refractivity contribution in [2.75, 3.05) is 30.3 Å². The summed E-state index contributed by atoms with van der Waals surface area (Å²) in [4.78, 5) is 31.7. The smallest absolute Gasteiger partial charge is 0.230 e. The highest BCUT2D eigenvalue weighted by atomic mass is 35.5. The zero-order valence-electron chi connectivity index (χ0n) is 19.7. The average molecular weight is 496 g/mol. The Kier molecular flexibility index (Phi) is 6.97. The summed E-state index contributed by atoms with van der Waals surface area (Å²) in [6, 6.07) is 6.31. The molecule has 10 heteroatoms. The summed E-state index contributed by atoms with van der Waals surface area (Å²) < 4.78 is 0. The van der Waals surface area contributed by atoms with Gasteiger partial charge in [0.2, 0.25) is 11.9 Å². The van der Waals surface area contributed by atoms with Crippen LogP contribution in [0.2, 0.25) is 5.15 Å². The number of carbonyl (C=O) groups excluding carboxylic acids is 1. The third-order valence-electron chi connectivity index (χ3n) is 7.03. The second kappa shape index (κ2) is 10.3. The van der Waals surface area contributed by atoms with Crippen molar-refractivity contribution in [2.45, 2.75) is 50.7 Å². The molecular weight excluding hydrogens is 466 g/mol. The predicted octanol–water partition coefficient (Wildman–Crippen LogP) is 3.46. The van der Waals surface area contributed by atoms with Gasteiger partial charge < -0.3 is 20.6 Å². The van der Waals surface area contributed by atoms with Crippen LogP contribution in [-0.4, -0.2) is 67.6 Å². The normalized spacial score (nSPS) is 21.4. The molecule has 0 unspecified atom stereocenters. The van der Waals surface area contributed by atoms with Crippen molar-refractivity contribution in [3.05, 3.63) is 47.5 Å². The van der Waals surface area contributed by atoms with Crippen LogP contribution < -0.4 is 10.6 Å². The van der Waals surface area contributed by atoms with Crippen LogP contribution in [0.1, 0.15) is 44.1 Å². The summed E-state index contributed by atoms with van der Waals surface area (Å²) in [5.74, 6) is 1.66. The first-order chi connectivity index (χ1) is 17.0. The number of fused-ring (bicyclic) bond motifs is 1. The van der Waals surface area contributed by atoms with Gasteiger partial charge in [-0.1, -0.05) is 11.6 Å². The van der Waals surface area contributed by atoms with E-state index >= 15 is 0 Å². The van der Waals surface area contributed by atoms with Gasteiger partial charge in [0.25, 0.3) is 0 Å². The molecule has 9 nitrogen and oxygen atoms in total. The van der Waals surface area contributed by atoms with Crippen LogP contribution in [0.4, 0.5) is 11.8 Å². The summed E-state index contributed by atoms with van der Waals surface area (Å²) in [5, 5.41) is 17.7. The first kappa shape index (κ1) is 23.7. The number of hydrogen-bond donors (Lipinski definition) is 3. The van der Waals surface area contributed by atoms with Crippen molar-refractivity contribution in [2.24, 2.45) is 5.92 Å². The number of aliphatic hydroxyl groups excluding tert-OH is 1. The number of amides is 1. The number of halogens is 1. The molecule has 35 heavy (non-hydrogen) atoms. The Bertz CT molecular complexity index is 1180. The second-order valence-electron chi connectivity index (χ2n) is 9.57. The number of β-amino-alcohol motifs (C(OH)–C–C–N with tert-alkyl or cyclic N) is 1. The zero-order chi connectivity index (χ0) is 24.4. The molecule has 1 aliphatic carbocycles. The van der Waals surface area contributed by atoms with Crippen LogP contribution in [0.3, 0.4) is 0 Å². The van der Waals surface area contributed by atoms with Crippen LogP contribution in [0.15, 0.2) is 36.8 Å². The van der Waals surface area contributed by atoms with E-state index in [1.807, 2.05) is 25.1 Å². The van der Waals surface area contributed by atoms with Crippen LogP contribution in [0, 0.1) is 5.92 Å². The van der Waals surface area contributed by atoms with Gasteiger partial charge in [-0.05, 0) is 56.7 Å². The zero-order valence-corrected chi connectivity index (χ0v) is 20.4. The summed E-state index contributed by atoms with van der Waals surface area (Å²) >= 11 is 6.20. The molecule has 3 N–H and O–H groups in total. The van der Waals surface area contributed by atoms with E-state index in [0.29, 0.717) is 36.2 Å². The molecule has 2 aliphatic rings. The molecule has 0 radical (unpaired) electrons. The summed E-state index contributed by atoms with van der Waals surface area (Å²) in [6.07, 6.45) is 9.07. The lowest BCUT2D eigenvalue weighted by molar-refractivity contribution is -0.142. The quantitative estimate of drug-likeness (QED) is 0.427. The molecule has 0 aromatic carbocycles. The molecule has 1 amide bonds. The minimum absolute atomic E-state index is 0.00336. The number of nitrogens with one attached hydrogen (secondary N) is 2. The van der Waals surface area contributed by atoms with Gasteiger partial charge in [-0.25, -0.2) is 19.9 Å². The Morgan fingerprint density at radius 3 is 2.60 bits per heavy atom. The Morgan fingerprint density at radius 1 is 1.14 bits per heavy atom. The molecule has 5 rings (SSSR count). The van der Waals surface area contributed by atoms with E-state index in [2.05, 4.69) is 30.6 Å². The van der Waals surface area contributed by atoms with Crippen molar-refractivity contribution >= 4 is 40.2 Å². The summed E-state index contributed by atoms with van der Waals surface area (Å²) in [5.41, 5.74) is 1.51. The second-order valence-corrected chi connectivity index (χ2v) is 9.93. The average Bonchev–Trinajstić information content (AvgIpc) is 2.86. The fourth-order valence-electron chi connectivity index (χ4n) is 4.75. The third-order valence-corrected chi connectivity index (χ3v) is 7.30. The van der Waals surface area contributed by atoms with E-state index in [4.69, 9.17) is 11.6 Å². The number of aromatic nitrogens is 4. The van der Waals surface area contributed by atoms with E-state index in [-0.39, 0.29) is 11.8 Å². The topological polar surface area (TPSA) is 116 Å². The summed E-state index contributed by atoms with van der Waals surface area (Å²) in [6.45, 7) is 3.49. The fourth-order valence-corrected chi connectivity index (χ4v) is 4.96. The molecule has 4 heterocycles. The molecule has 3 aromatic rings. The highest BCUT2D eigenvalue weighted by Gasteiger charge is 2.32. The number of rotatable bonds is 7. The minimum atomic E-state index is -0.396. The van der Waals surface area contributed by atoms with Gasteiger partial charge in [-0.3, -0.25) is 4.79 Å². The van der Waals surface area contributed by atoms with Gasteiger partial charge in [-0.2, -0.15) is 0 Å². The van der Waals surface area contributed by atoms with E-state index in [9.17, 15) is 9.90 Å². The molecule has 0 spiro atoms. The van der Waals surface area contributed by atoms with E-state index < -0.39 is 6.10 Å². The highest BCUT2D eigenvalue weighted by Crippen LogP contribution is 2.28. The van der Waals surface area contributed by atoms with Crippen molar-refractivity contribution in [3.63, 3.8) is 0 Å². The van der Waals surface area contributed by atoms with Crippen molar-refractivity contribution < 1.29 is 9.90 Å². The van der Waals surface area contributed by atoms with Crippen LogP contribution in [0.5, 0.6) is 0 Å². The minimum Gasteiger partial charge on any atom is -0.389 e. The third kappa shape index (κ3) is 5.46. The van der Waals surface area contributed by atoms with E-state index in [1.54, 1.807) is 23.5 Å². The van der Waals surface area contributed by atoms with Crippen LogP contribution in [0.25, 0.3) is 10.9 Å². The lowest BCUT2D eigenvalue weighted by atomic mass is 9.86. The maximum absolute atomic E-state index is 12.4. The molecule has 1 aliphatic heterocycles. The molecular formula is C25H30ClN7O2. The van der Waals surface area contributed by atoms with Gasteiger partial charge in [0.1, 0.15) is 11.3 Å². The van der Waals surface area contributed by atoms with Gasteiger partial charge in [-0.15, -0.1) is 0 Å². The molecule has 3 aromatic heterocycles. The summed E-state index contributed by atoms with van der Waals surface area (Å²) in [7, 11) is 0. The first-order valence-electron chi connectivity index (χ1n) is 12.2. The van der Waals surface area contributed by atoms with Gasteiger partial charge in [0, 0.05) is 55.2 Å². The van der Waals surface area contributed by atoms with Crippen LogP contribution >= 0.6 is 11.6 Å². The number of hydrogen-bond acceptors (Lipinski definition) is 8. The number of carbonyl (C=O) groups is 1. The largest absolute Gasteiger partial charge is 0.389 e. The lowest BCUT2D eigenvalue weighted by Crippen LogP contribution is -2.54. The Labute approximate surface area is 209 Å². The van der Waals surface area contributed by atoms with Crippen molar-refractivity contribution in [3.8, 4) is 0 Å². The molecule has 2 fully saturated rings. The molecule has 0 bridgehead atoms. The van der Waals surface area contributed by atoms with Crippen molar-refractivity contribution in [1.29, 1.82) is 0 Å². The van der Waals surface area contributed by atoms with E-state index in [0.717, 1.165) is 54.5 Å². The van der Waals surface area contributed by atoms with Crippen molar-refractivity contribution in [1.82, 2.24) is 24.8 Å². The predicted molar refractivity (Wildman–Crippen MR) is 135 cm³/mol. The Hall–Kier alpha value is -3.04. The SMILES string of the molecule is C[C@@H](C(=O)N1CC(O)C1)c1cnc(NC[C@H]2CC[C@H](Nc3ccc4ccnc(Cl)c4n3)CC2)nc1. The number of likely N-dealkylation sites (tertiary alicyclic amines) is 1. The van der Waals surface area contributed by atoms with Gasteiger partial charge in [0.15, 0.2) is 5.15 Å². The maximum atomic E-state index is 12.4. The Balaban J connectivity index is 1.07. The monoisotopic (exact) mass is 495 g/mol. The molecule has 1 atom stereocenters. The molecule has 1 saturated carbocycles. The Morgan fingerprint density at radius 2 is 1.89 bits per heavy atom. The van der Waals surface area contributed by atoms with E-state index in [1.165, 1.54) is 0 Å².